The first-order chi connectivity index (χ1) is 10.1. The zero-order chi connectivity index (χ0) is 15.0. The fourth-order valence-corrected chi connectivity index (χ4v) is 3.60. The minimum atomic E-state index is -0.388. The average molecular weight is 284 g/mol. The van der Waals surface area contributed by atoms with Crippen molar-refractivity contribution in [3.05, 3.63) is 41.0 Å². The van der Waals surface area contributed by atoms with Gasteiger partial charge in [-0.2, -0.15) is 0 Å². The van der Waals surface area contributed by atoms with E-state index >= 15 is 0 Å². The fourth-order valence-electron chi connectivity index (χ4n) is 3.60. The number of methoxy groups -OCH3 is 1. The van der Waals surface area contributed by atoms with E-state index in [0.29, 0.717) is 12.8 Å². The molecule has 0 heterocycles. The summed E-state index contributed by atoms with van der Waals surface area (Å²) < 4.78 is 5.26. The molecule has 0 saturated carbocycles. The third kappa shape index (κ3) is 2.31. The van der Waals surface area contributed by atoms with E-state index < -0.39 is 0 Å². The molecule has 1 atom stereocenters. The zero-order valence-electron chi connectivity index (χ0n) is 12.6. The van der Waals surface area contributed by atoms with Crippen molar-refractivity contribution >= 4 is 11.6 Å². The first kappa shape index (κ1) is 14.1. The third-order valence-electron chi connectivity index (χ3n) is 4.86. The van der Waals surface area contributed by atoms with Crippen LogP contribution >= 0.6 is 0 Å². The number of ketones is 2. The van der Waals surface area contributed by atoms with Crippen LogP contribution in [-0.4, -0.2) is 18.7 Å². The van der Waals surface area contributed by atoms with Crippen molar-refractivity contribution < 1.29 is 14.3 Å². The summed E-state index contributed by atoms with van der Waals surface area (Å²) >= 11 is 0. The number of aryl methyl sites for hydroxylation is 1. The van der Waals surface area contributed by atoms with E-state index in [4.69, 9.17) is 4.74 Å². The van der Waals surface area contributed by atoms with E-state index in [0.717, 1.165) is 41.7 Å². The van der Waals surface area contributed by atoms with Gasteiger partial charge in [-0.3, -0.25) is 9.59 Å². The summed E-state index contributed by atoms with van der Waals surface area (Å²) in [6.45, 7) is 1.59. The van der Waals surface area contributed by atoms with E-state index in [9.17, 15) is 9.59 Å². The van der Waals surface area contributed by atoms with E-state index in [2.05, 4.69) is 0 Å². The molecular formula is C18H20O3. The van der Waals surface area contributed by atoms with Gasteiger partial charge in [-0.25, -0.2) is 0 Å². The maximum atomic E-state index is 13.0. The molecular weight excluding hydrogens is 264 g/mol. The summed E-state index contributed by atoms with van der Waals surface area (Å²) in [7, 11) is 1.64. The van der Waals surface area contributed by atoms with Crippen molar-refractivity contribution in [1.82, 2.24) is 0 Å². The minimum absolute atomic E-state index is 0.0962. The van der Waals surface area contributed by atoms with Gasteiger partial charge in [0.2, 0.25) is 0 Å². The monoisotopic (exact) mass is 284 g/mol. The van der Waals surface area contributed by atoms with E-state index in [1.807, 2.05) is 24.3 Å². The maximum absolute atomic E-state index is 13.0. The number of carbonyl (C=O) groups excluding carboxylic acids is 2. The highest BCUT2D eigenvalue weighted by Gasteiger charge is 2.44. The summed E-state index contributed by atoms with van der Waals surface area (Å²) in [5, 5.41) is 0. The van der Waals surface area contributed by atoms with Crippen LogP contribution in [0.5, 0.6) is 5.75 Å². The molecule has 3 nitrogen and oxygen atoms in total. The Kier molecular flexibility index (Phi) is 3.44. The topological polar surface area (TPSA) is 43.4 Å². The van der Waals surface area contributed by atoms with Crippen LogP contribution in [-0.2, 0) is 11.2 Å². The van der Waals surface area contributed by atoms with Gasteiger partial charge in [0.15, 0.2) is 11.6 Å². The highest BCUT2D eigenvalue weighted by atomic mass is 16.5. The molecule has 0 fully saturated rings. The van der Waals surface area contributed by atoms with Crippen LogP contribution in [0.2, 0.25) is 0 Å². The number of fused-ring (bicyclic) bond motifs is 1. The molecule has 3 heteroatoms. The Morgan fingerprint density at radius 1 is 1.33 bits per heavy atom. The van der Waals surface area contributed by atoms with Crippen LogP contribution in [0.4, 0.5) is 0 Å². The van der Waals surface area contributed by atoms with Gasteiger partial charge < -0.3 is 4.74 Å². The van der Waals surface area contributed by atoms with Crippen molar-refractivity contribution in [2.24, 2.45) is 5.41 Å². The predicted octanol–water partition coefficient (Wildman–Crippen LogP) is 3.51. The molecule has 0 bridgehead atoms. The van der Waals surface area contributed by atoms with Gasteiger partial charge in [0.05, 0.1) is 7.11 Å². The summed E-state index contributed by atoms with van der Waals surface area (Å²) in [4.78, 5) is 24.6. The Bertz CT molecular complexity index is 642. The van der Waals surface area contributed by atoms with Gasteiger partial charge in [-0.15, -0.1) is 0 Å². The van der Waals surface area contributed by atoms with Crippen LogP contribution < -0.4 is 4.74 Å². The first-order valence-corrected chi connectivity index (χ1v) is 7.47. The molecule has 3 rings (SSSR count). The average Bonchev–Trinajstić information content (AvgIpc) is 2.86. The Balaban J connectivity index is 1.97. The van der Waals surface area contributed by atoms with Gasteiger partial charge >= 0.3 is 0 Å². The van der Waals surface area contributed by atoms with Gasteiger partial charge in [-0.05, 0) is 68.4 Å². The lowest BCUT2D eigenvalue weighted by atomic mass is 9.75. The van der Waals surface area contributed by atoms with E-state index in [1.165, 1.54) is 0 Å². The number of carbonyl (C=O) groups is 2. The molecule has 1 unspecified atom stereocenters. The molecule has 110 valence electrons. The molecule has 0 aliphatic heterocycles. The molecule has 0 aromatic heterocycles. The maximum Gasteiger partial charge on any atom is 0.169 e. The van der Waals surface area contributed by atoms with Crippen LogP contribution in [0, 0.1) is 5.41 Å². The fraction of sp³-hybridized carbons (Fsp3) is 0.444. The lowest BCUT2D eigenvalue weighted by Crippen LogP contribution is -2.28. The van der Waals surface area contributed by atoms with Crippen molar-refractivity contribution in [2.75, 3.05) is 7.11 Å². The largest absolute Gasteiger partial charge is 0.497 e. The van der Waals surface area contributed by atoms with E-state index in [1.54, 1.807) is 14.0 Å². The molecule has 1 aromatic rings. The summed E-state index contributed by atoms with van der Waals surface area (Å²) in [6.07, 6.45) is 6.00. The van der Waals surface area contributed by atoms with Crippen molar-refractivity contribution in [2.45, 2.75) is 39.0 Å². The van der Waals surface area contributed by atoms with Crippen LogP contribution in [0.3, 0.4) is 0 Å². The Morgan fingerprint density at radius 2 is 2.14 bits per heavy atom. The second-order valence-electron chi connectivity index (χ2n) is 6.15. The smallest absolute Gasteiger partial charge is 0.169 e. The third-order valence-corrected chi connectivity index (χ3v) is 4.86. The molecule has 0 N–H and O–H groups in total. The van der Waals surface area contributed by atoms with Crippen molar-refractivity contribution in [3.8, 4) is 5.75 Å². The molecule has 1 aromatic carbocycles. The van der Waals surface area contributed by atoms with Crippen molar-refractivity contribution in [3.63, 3.8) is 0 Å². The Morgan fingerprint density at radius 3 is 2.81 bits per heavy atom. The van der Waals surface area contributed by atoms with E-state index in [-0.39, 0.29) is 17.0 Å². The number of hydrogen-bond acceptors (Lipinski definition) is 3. The van der Waals surface area contributed by atoms with Gasteiger partial charge in [0, 0.05) is 11.0 Å². The van der Waals surface area contributed by atoms with Gasteiger partial charge in [0.25, 0.3) is 0 Å². The number of benzene rings is 1. The SMILES string of the molecule is COc1ccc2c(c1)CCCC1(CC=C(C(C)=O)C1)C2=O. The number of Topliss-reactive ketones (excluding diaryl/α,β-unsaturated/α-hetero) is 2. The molecule has 21 heavy (non-hydrogen) atoms. The number of hydrogen-bond donors (Lipinski definition) is 0. The van der Waals surface area contributed by atoms with Crippen LogP contribution in [0.15, 0.2) is 29.8 Å². The van der Waals surface area contributed by atoms with Crippen LogP contribution in [0.25, 0.3) is 0 Å². The summed E-state index contributed by atoms with van der Waals surface area (Å²) in [5.74, 6) is 1.09. The molecule has 0 radical (unpaired) electrons. The molecule has 1 spiro atoms. The van der Waals surface area contributed by atoms with Gasteiger partial charge in [-0.1, -0.05) is 6.08 Å². The molecule has 0 amide bonds. The predicted molar refractivity (Wildman–Crippen MR) is 80.7 cm³/mol. The Hall–Kier alpha value is -1.90. The van der Waals surface area contributed by atoms with Gasteiger partial charge in [0.1, 0.15) is 5.75 Å². The Labute approximate surface area is 125 Å². The zero-order valence-corrected chi connectivity index (χ0v) is 12.6. The number of ether oxygens (including phenoxy) is 1. The quantitative estimate of drug-likeness (QED) is 0.834. The van der Waals surface area contributed by atoms with Crippen molar-refractivity contribution in [1.29, 1.82) is 0 Å². The lowest BCUT2D eigenvalue weighted by molar-refractivity contribution is -0.113. The second-order valence-corrected chi connectivity index (χ2v) is 6.15. The van der Waals surface area contributed by atoms with Crippen LogP contribution in [0.1, 0.15) is 48.5 Å². The second kappa shape index (κ2) is 5.14. The molecule has 2 aliphatic rings. The highest BCUT2D eigenvalue weighted by Crippen LogP contribution is 2.47. The standard InChI is InChI=1S/C18H20O3/c1-12(19)14-7-9-18(11-14)8-3-4-13-10-15(21-2)5-6-16(13)17(18)20/h5-7,10H,3-4,8-9,11H2,1-2H3. The summed E-state index contributed by atoms with van der Waals surface area (Å²) in [5.41, 5.74) is 2.32. The molecule has 2 aliphatic carbocycles. The molecule has 0 saturated heterocycles. The summed E-state index contributed by atoms with van der Waals surface area (Å²) in [6, 6.07) is 5.71. The highest BCUT2D eigenvalue weighted by molar-refractivity contribution is 6.05. The minimum Gasteiger partial charge on any atom is -0.497 e. The number of allylic oxidation sites excluding steroid dienone is 2. The first-order valence-electron chi connectivity index (χ1n) is 7.47. The number of rotatable bonds is 2. The lowest BCUT2D eigenvalue weighted by Gasteiger charge is -2.26. The normalized spacial score (nSPS) is 24.5.